The van der Waals surface area contributed by atoms with E-state index in [2.05, 4.69) is 58.1 Å². The van der Waals surface area contributed by atoms with Crippen molar-refractivity contribution >= 4 is 0 Å². The fourth-order valence-electron chi connectivity index (χ4n) is 2.69. The first-order chi connectivity index (χ1) is 10.4. The highest BCUT2D eigenvalue weighted by Crippen LogP contribution is 2.28. The van der Waals surface area contributed by atoms with Gasteiger partial charge in [-0.2, -0.15) is 0 Å². The third-order valence-electron chi connectivity index (χ3n) is 3.80. The van der Waals surface area contributed by atoms with Crippen LogP contribution in [0.15, 0.2) is 67.0 Å². The number of imidazole rings is 1. The minimum Gasteiger partial charge on any atom is -0.369 e. The van der Waals surface area contributed by atoms with E-state index in [1.54, 1.807) is 0 Å². The fraction of sp³-hybridized carbons (Fsp3) is 0.167. The summed E-state index contributed by atoms with van der Waals surface area (Å²) in [6, 6.07) is 21.0. The van der Waals surface area contributed by atoms with Gasteiger partial charge in [0.15, 0.2) is 11.4 Å². The van der Waals surface area contributed by atoms with Gasteiger partial charge in [0.25, 0.3) is 0 Å². The Hall–Kier alpha value is -2.39. The standard InChI is InChI=1S/C18H16N2O/c1-3-7-14(8-4-1)17-18(15-9-5-2-6-10-15)20(13-19-17)11-16-12-21-16/h1-10,13,16H,11-12H2/p+1/t16-/m0/s1. The SMILES string of the molecule is c1ccc(-c2[nH]c[n+](C[C@H]3CO3)c2-c2ccccc2)cc1. The summed E-state index contributed by atoms with van der Waals surface area (Å²) in [7, 11) is 0. The average molecular weight is 277 g/mol. The summed E-state index contributed by atoms with van der Waals surface area (Å²) in [6.07, 6.45) is 2.41. The Morgan fingerprint density at radius 1 is 0.952 bits per heavy atom. The van der Waals surface area contributed by atoms with Crippen LogP contribution in [0.4, 0.5) is 0 Å². The highest BCUT2D eigenvalue weighted by Gasteiger charge is 2.29. The largest absolute Gasteiger partial charge is 0.369 e. The highest BCUT2D eigenvalue weighted by molar-refractivity contribution is 5.75. The monoisotopic (exact) mass is 277 g/mol. The molecule has 1 atom stereocenters. The van der Waals surface area contributed by atoms with Crippen molar-refractivity contribution in [3.8, 4) is 22.5 Å². The molecule has 0 bridgehead atoms. The van der Waals surface area contributed by atoms with Gasteiger partial charge in [0.1, 0.15) is 12.6 Å². The summed E-state index contributed by atoms with van der Waals surface area (Å²) in [6.45, 7) is 1.76. The zero-order valence-corrected chi connectivity index (χ0v) is 11.7. The maximum atomic E-state index is 5.38. The van der Waals surface area contributed by atoms with Gasteiger partial charge >= 0.3 is 0 Å². The molecule has 0 radical (unpaired) electrons. The molecule has 1 fully saturated rings. The maximum absolute atomic E-state index is 5.38. The van der Waals surface area contributed by atoms with E-state index in [4.69, 9.17) is 4.74 Å². The van der Waals surface area contributed by atoms with Gasteiger partial charge in [-0.05, 0) is 0 Å². The predicted octanol–water partition coefficient (Wildman–Crippen LogP) is 3.04. The lowest BCUT2D eigenvalue weighted by atomic mass is 10.0. The molecule has 3 aromatic rings. The fourth-order valence-corrected chi connectivity index (χ4v) is 2.69. The van der Waals surface area contributed by atoms with Crippen LogP contribution in [-0.2, 0) is 11.3 Å². The number of ether oxygens (including phenoxy) is 1. The summed E-state index contributed by atoms with van der Waals surface area (Å²) in [5.41, 5.74) is 4.80. The van der Waals surface area contributed by atoms with E-state index in [0.717, 1.165) is 18.8 Å². The molecule has 1 aliphatic rings. The molecule has 3 nitrogen and oxygen atoms in total. The van der Waals surface area contributed by atoms with E-state index in [9.17, 15) is 0 Å². The van der Waals surface area contributed by atoms with Crippen LogP contribution in [0.1, 0.15) is 0 Å². The molecule has 1 saturated heterocycles. The van der Waals surface area contributed by atoms with Crippen LogP contribution in [0.5, 0.6) is 0 Å². The Morgan fingerprint density at radius 3 is 2.19 bits per heavy atom. The van der Waals surface area contributed by atoms with Gasteiger partial charge in [-0.15, -0.1) is 0 Å². The minimum absolute atomic E-state index is 0.358. The maximum Gasteiger partial charge on any atom is 0.242 e. The molecule has 0 saturated carbocycles. The first kappa shape index (κ1) is 12.4. The first-order valence-electron chi connectivity index (χ1n) is 7.25. The number of nitrogens with one attached hydrogen (secondary N) is 1. The average Bonchev–Trinajstić information content (AvgIpc) is 3.26. The van der Waals surface area contributed by atoms with Crippen molar-refractivity contribution in [2.24, 2.45) is 0 Å². The Kier molecular flexibility index (Phi) is 3.05. The van der Waals surface area contributed by atoms with Gasteiger partial charge in [-0.3, -0.25) is 0 Å². The van der Waals surface area contributed by atoms with Gasteiger partial charge in [-0.1, -0.05) is 60.7 Å². The lowest BCUT2D eigenvalue weighted by Gasteiger charge is -2.03. The van der Waals surface area contributed by atoms with Crippen LogP contribution < -0.4 is 4.57 Å². The Morgan fingerprint density at radius 2 is 1.57 bits per heavy atom. The van der Waals surface area contributed by atoms with Crippen LogP contribution >= 0.6 is 0 Å². The van der Waals surface area contributed by atoms with Crippen molar-refractivity contribution in [1.29, 1.82) is 0 Å². The Balaban J connectivity index is 1.85. The smallest absolute Gasteiger partial charge is 0.242 e. The van der Waals surface area contributed by atoms with Crippen molar-refractivity contribution in [1.82, 2.24) is 4.98 Å². The number of epoxide rings is 1. The summed E-state index contributed by atoms with van der Waals surface area (Å²) in [4.78, 5) is 3.43. The van der Waals surface area contributed by atoms with Crippen molar-refractivity contribution in [3.05, 3.63) is 67.0 Å². The predicted molar refractivity (Wildman–Crippen MR) is 81.6 cm³/mol. The Bertz CT molecular complexity index is 730. The number of hydrogen-bond acceptors (Lipinski definition) is 1. The van der Waals surface area contributed by atoms with E-state index < -0.39 is 0 Å². The van der Waals surface area contributed by atoms with Crippen LogP contribution in [0.3, 0.4) is 0 Å². The topological polar surface area (TPSA) is 32.2 Å². The molecule has 1 aromatic heterocycles. The lowest BCUT2D eigenvalue weighted by Crippen LogP contribution is -2.36. The number of benzene rings is 2. The van der Waals surface area contributed by atoms with E-state index in [0.29, 0.717) is 6.10 Å². The minimum atomic E-state index is 0.358. The molecule has 104 valence electrons. The van der Waals surface area contributed by atoms with Crippen molar-refractivity contribution < 1.29 is 9.30 Å². The summed E-state index contributed by atoms with van der Waals surface area (Å²) in [5.74, 6) is 0. The molecular formula is C18H17N2O+. The Labute approximate surface area is 123 Å². The molecule has 0 aliphatic carbocycles. The number of aromatic nitrogens is 2. The zero-order valence-electron chi connectivity index (χ0n) is 11.7. The van der Waals surface area contributed by atoms with Crippen molar-refractivity contribution in [2.75, 3.05) is 6.61 Å². The number of nitrogens with zero attached hydrogens (tertiary/aromatic N) is 1. The number of aromatic amines is 1. The quantitative estimate of drug-likeness (QED) is 0.577. The molecule has 0 amide bonds. The lowest BCUT2D eigenvalue weighted by molar-refractivity contribution is -0.686. The van der Waals surface area contributed by atoms with Crippen LogP contribution in [0, 0.1) is 0 Å². The van der Waals surface area contributed by atoms with Crippen LogP contribution in [-0.4, -0.2) is 17.7 Å². The van der Waals surface area contributed by atoms with Crippen molar-refractivity contribution in [3.63, 3.8) is 0 Å². The van der Waals surface area contributed by atoms with Gasteiger partial charge in [0.2, 0.25) is 6.33 Å². The molecule has 3 heteroatoms. The third kappa shape index (κ3) is 2.48. The normalized spacial score (nSPS) is 16.9. The number of H-pyrrole nitrogens is 1. The second-order valence-electron chi connectivity index (χ2n) is 5.34. The highest BCUT2D eigenvalue weighted by atomic mass is 16.6. The molecule has 2 aromatic carbocycles. The summed E-state index contributed by atoms with van der Waals surface area (Å²) >= 11 is 0. The molecule has 2 heterocycles. The second-order valence-corrected chi connectivity index (χ2v) is 5.34. The zero-order chi connectivity index (χ0) is 14.1. The molecular weight excluding hydrogens is 260 g/mol. The molecule has 21 heavy (non-hydrogen) atoms. The van der Waals surface area contributed by atoms with Gasteiger partial charge in [-0.25, -0.2) is 9.55 Å². The molecule has 1 aliphatic heterocycles. The van der Waals surface area contributed by atoms with Gasteiger partial charge < -0.3 is 4.74 Å². The number of rotatable bonds is 4. The van der Waals surface area contributed by atoms with Gasteiger partial charge in [0, 0.05) is 11.1 Å². The van der Waals surface area contributed by atoms with E-state index >= 15 is 0 Å². The van der Waals surface area contributed by atoms with Crippen LogP contribution in [0.2, 0.25) is 0 Å². The molecule has 0 spiro atoms. The van der Waals surface area contributed by atoms with Crippen LogP contribution in [0.25, 0.3) is 22.5 Å². The summed E-state index contributed by atoms with van der Waals surface area (Å²) < 4.78 is 7.64. The summed E-state index contributed by atoms with van der Waals surface area (Å²) in [5, 5.41) is 0. The van der Waals surface area contributed by atoms with E-state index in [1.165, 1.54) is 16.8 Å². The number of hydrogen-bond donors (Lipinski definition) is 1. The van der Waals surface area contributed by atoms with E-state index in [1.807, 2.05) is 18.5 Å². The molecule has 0 unspecified atom stereocenters. The molecule has 4 rings (SSSR count). The van der Waals surface area contributed by atoms with E-state index in [-0.39, 0.29) is 0 Å². The van der Waals surface area contributed by atoms with Crippen molar-refractivity contribution in [2.45, 2.75) is 12.6 Å². The third-order valence-corrected chi connectivity index (χ3v) is 3.80. The first-order valence-corrected chi connectivity index (χ1v) is 7.25. The van der Waals surface area contributed by atoms with Gasteiger partial charge in [0.05, 0.1) is 6.61 Å². The second kappa shape index (κ2) is 5.19. The molecule has 1 N–H and O–H groups in total.